The minimum Gasteiger partial charge on any atom is -0.490 e. The summed E-state index contributed by atoms with van der Waals surface area (Å²) in [6.07, 6.45) is 7.32. The molecule has 3 heterocycles. The highest BCUT2D eigenvalue weighted by Gasteiger charge is 2.24. The fourth-order valence-corrected chi connectivity index (χ4v) is 3.87. The number of ether oxygens (including phenoxy) is 2. The smallest absolute Gasteiger partial charge is 0.257 e. The second-order valence-electron chi connectivity index (χ2n) is 7.09. The second-order valence-corrected chi connectivity index (χ2v) is 7.09. The van der Waals surface area contributed by atoms with E-state index in [2.05, 4.69) is 21.4 Å². The number of nitrogens with zero attached hydrogens (tertiary/aromatic N) is 1. The average molecular weight is 375 g/mol. The lowest BCUT2D eigenvalue weighted by Crippen LogP contribution is -2.12. The van der Waals surface area contributed by atoms with Crippen LogP contribution in [0.2, 0.25) is 0 Å². The maximum Gasteiger partial charge on any atom is 0.257 e. The van der Waals surface area contributed by atoms with Crippen LogP contribution < -0.4 is 14.8 Å². The molecule has 1 aliphatic carbocycles. The van der Waals surface area contributed by atoms with Crippen molar-refractivity contribution in [1.82, 2.24) is 9.97 Å². The number of rotatable bonds is 2. The molecule has 1 aromatic carbocycles. The zero-order valence-corrected chi connectivity index (χ0v) is 15.5. The summed E-state index contributed by atoms with van der Waals surface area (Å²) >= 11 is 0. The number of aromatic nitrogens is 2. The van der Waals surface area contributed by atoms with Gasteiger partial charge in [-0.1, -0.05) is 6.07 Å². The predicted molar refractivity (Wildman–Crippen MR) is 106 cm³/mol. The van der Waals surface area contributed by atoms with Gasteiger partial charge in [0.25, 0.3) is 5.91 Å². The number of carbonyl (C=O) groups excluding carboxylic acids is 1. The standard InChI is InChI=1S/C22H21N3O3/c26-22(25-15-7-8-18-19(12-15)28-11-3-10-27-18)16-13-24-17-6-1-4-14-5-2-9-23-21(14)20(16)17/h2,5,7-9,12-13,24H,1,3-4,6,10-11H2,(H,25,26). The highest BCUT2D eigenvalue weighted by Crippen LogP contribution is 2.35. The first-order valence-corrected chi connectivity index (χ1v) is 9.65. The lowest BCUT2D eigenvalue weighted by Gasteiger charge is -2.11. The van der Waals surface area contributed by atoms with E-state index >= 15 is 0 Å². The van der Waals surface area contributed by atoms with Gasteiger partial charge in [-0.3, -0.25) is 9.78 Å². The molecule has 5 rings (SSSR count). The predicted octanol–water partition coefficient (Wildman–Crippen LogP) is 3.98. The number of anilines is 1. The fraction of sp³-hybridized carbons (Fsp3) is 0.273. The van der Waals surface area contributed by atoms with Crippen LogP contribution in [-0.4, -0.2) is 29.1 Å². The van der Waals surface area contributed by atoms with Crippen molar-refractivity contribution in [2.24, 2.45) is 0 Å². The van der Waals surface area contributed by atoms with E-state index < -0.39 is 0 Å². The molecule has 6 nitrogen and oxygen atoms in total. The summed E-state index contributed by atoms with van der Waals surface area (Å²) in [5, 5.41) is 2.99. The number of benzene rings is 1. The molecule has 2 aromatic heterocycles. The Balaban J connectivity index is 1.47. The van der Waals surface area contributed by atoms with Crippen LogP contribution in [0, 0.1) is 0 Å². The molecule has 0 unspecified atom stereocenters. The number of carbonyl (C=O) groups is 1. The molecule has 0 saturated heterocycles. The van der Waals surface area contributed by atoms with Crippen molar-refractivity contribution in [3.8, 4) is 22.8 Å². The van der Waals surface area contributed by atoms with Gasteiger partial charge in [-0.2, -0.15) is 0 Å². The molecule has 2 aliphatic rings. The third kappa shape index (κ3) is 3.01. The van der Waals surface area contributed by atoms with Crippen LogP contribution >= 0.6 is 0 Å². The van der Waals surface area contributed by atoms with Crippen LogP contribution in [-0.2, 0) is 12.8 Å². The monoisotopic (exact) mass is 375 g/mol. The summed E-state index contributed by atoms with van der Waals surface area (Å²) in [4.78, 5) is 20.9. The average Bonchev–Trinajstić information content (AvgIpc) is 2.87. The Morgan fingerprint density at radius 2 is 1.96 bits per heavy atom. The summed E-state index contributed by atoms with van der Waals surface area (Å²) in [5.74, 6) is 1.21. The number of nitrogens with one attached hydrogen (secondary N) is 2. The molecule has 142 valence electrons. The van der Waals surface area contributed by atoms with E-state index in [0.29, 0.717) is 36.0 Å². The van der Waals surface area contributed by atoms with E-state index in [0.717, 1.165) is 42.6 Å². The second kappa shape index (κ2) is 7.03. The third-order valence-corrected chi connectivity index (χ3v) is 5.21. The van der Waals surface area contributed by atoms with Gasteiger partial charge in [0.1, 0.15) is 0 Å². The van der Waals surface area contributed by atoms with Crippen molar-refractivity contribution in [3.63, 3.8) is 0 Å². The topological polar surface area (TPSA) is 76.2 Å². The van der Waals surface area contributed by atoms with Crippen LogP contribution in [0.15, 0.2) is 42.7 Å². The first kappa shape index (κ1) is 16.9. The van der Waals surface area contributed by atoms with Gasteiger partial charge in [-0.25, -0.2) is 0 Å². The Hall–Kier alpha value is -3.28. The summed E-state index contributed by atoms with van der Waals surface area (Å²) < 4.78 is 11.4. The van der Waals surface area contributed by atoms with E-state index in [-0.39, 0.29) is 5.91 Å². The van der Waals surface area contributed by atoms with Crippen molar-refractivity contribution in [2.45, 2.75) is 25.7 Å². The summed E-state index contributed by atoms with van der Waals surface area (Å²) in [6.45, 7) is 1.25. The van der Waals surface area contributed by atoms with Gasteiger partial charge < -0.3 is 19.8 Å². The van der Waals surface area contributed by atoms with Crippen LogP contribution in [0.1, 0.15) is 34.5 Å². The highest BCUT2D eigenvalue weighted by molar-refractivity contribution is 6.09. The molecule has 6 heteroatoms. The van der Waals surface area contributed by atoms with Gasteiger partial charge in [0.15, 0.2) is 11.5 Å². The van der Waals surface area contributed by atoms with Crippen molar-refractivity contribution < 1.29 is 14.3 Å². The normalized spacial score (nSPS) is 15.0. The van der Waals surface area contributed by atoms with E-state index in [1.165, 1.54) is 5.56 Å². The van der Waals surface area contributed by atoms with Crippen LogP contribution in [0.4, 0.5) is 5.69 Å². The number of aromatic amines is 1. The Bertz CT molecular complexity index is 1040. The van der Waals surface area contributed by atoms with Crippen molar-refractivity contribution in [1.29, 1.82) is 0 Å². The van der Waals surface area contributed by atoms with Crippen LogP contribution in [0.25, 0.3) is 11.3 Å². The number of fused-ring (bicyclic) bond motifs is 4. The Morgan fingerprint density at radius 3 is 2.89 bits per heavy atom. The van der Waals surface area contributed by atoms with Gasteiger partial charge in [-0.05, 0) is 43.0 Å². The summed E-state index contributed by atoms with van der Waals surface area (Å²) in [6, 6.07) is 9.54. The van der Waals surface area contributed by atoms with Gasteiger partial charge in [-0.15, -0.1) is 0 Å². The molecular weight excluding hydrogens is 354 g/mol. The maximum absolute atomic E-state index is 13.1. The fourth-order valence-electron chi connectivity index (χ4n) is 3.87. The summed E-state index contributed by atoms with van der Waals surface area (Å²) in [7, 11) is 0. The molecule has 28 heavy (non-hydrogen) atoms. The maximum atomic E-state index is 13.1. The zero-order chi connectivity index (χ0) is 18.9. The molecule has 0 fully saturated rings. The molecular formula is C22H21N3O3. The molecule has 0 atom stereocenters. The van der Waals surface area contributed by atoms with Crippen molar-refractivity contribution >= 4 is 11.6 Å². The molecule has 0 saturated carbocycles. The van der Waals surface area contributed by atoms with Gasteiger partial charge in [0, 0.05) is 41.8 Å². The lowest BCUT2D eigenvalue weighted by molar-refractivity contribution is 0.102. The van der Waals surface area contributed by atoms with Crippen LogP contribution in [0.3, 0.4) is 0 Å². The van der Waals surface area contributed by atoms with E-state index in [9.17, 15) is 4.79 Å². The molecule has 2 N–H and O–H groups in total. The number of aryl methyl sites for hydroxylation is 2. The third-order valence-electron chi connectivity index (χ3n) is 5.21. The minimum absolute atomic E-state index is 0.162. The Labute approximate surface area is 162 Å². The Morgan fingerprint density at radius 1 is 1.07 bits per heavy atom. The zero-order valence-electron chi connectivity index (χ0n) is 15.5. The number of pyridine rings is 1. The molecule has 0 radical (unpaired) electrons. The van der Waals surface area contributed by atoms with E-state index in [1.54, 1.807) is 12.4 Å². The molecule has 0 spiro atoms. The van der Waals surface area contributed by atoms with Gasteiger partial charge in [0.05, 0.1) is 24.5 Å². The molecule has 3 aromatic rings. The quantitative estimate of drug-likeness (QED) is 0.710. The number of hydrogen-bond acceptors (Lipinski definition) is 4. The van der Waals surface area contributed by atoms with Gasteiger partial charge in [0.2, 0.25) is 0 Å². The first-order chi connectivity index (χ1) is 13.8. The van der Waals surface area contributed by atoms with E-state index in [4.69, 9.17) is 9.47 Å². The number of amides is 1. The number of H-pyrrole nitrogens is 1. The first-order valence-electron chi connectivity index (χ1n) is 9.65. The van der Waals surface area contributed by atoms with E-state index in [1.807, 2.05) is 24.3 Å². The van der Waals surface area contributed by atoms with Gasteiger partial charge >= 0.3 is 0 Å². The SMILES string of the molecule is O=C(Nc1ccc2c(c1)OCCCO2)c1c[nH]c2c1-c1ncccc1CCC2. The lowest BCUT2D eigenvalue weighted by atomic mass is 10.0. The number of hydrogen-bond donors (Lipinski definition) is 2. The Kier molecular flexibility index (Phi) is 4.24. The van der Waals surface area contributed by atoms with Crippen molar-refractivity contribution in [3.05, 3.63) is 59.5 Å². The molecule has 0 bridgehead atoms. The largest absolute Gasteiger partial charge is 0.490 e. The highest BCUT2D eigenvalue weighted by atomic mass is 16.5. The van der Waals surface area contributed by atoms with Crippen molar-refractivity contribution in [2.75, 3.05) is 18.5 Å². The molecule has 1 amide bonds. The minimum atomic E-state index is -0.162. The summed E-state index contributed by atoms with van der Waals surface area (Å²) in [5.41, 5.74) is 5.37. The molecule has 1 aliphatic heterocycles. The van der Waals surface area contributed by atoms with Crippen LogP contribution in [0.5, 0.6) is 11.5 Å².